The minimum absolute atomic E-state index is 0.0300. The Morgan fingerprint density at radius 1 is 1.19 bits per heavy atom. The fourth-order valence-corrected chi connectivity index (χ4v) is 3.55. The highest BCUT2D eigenvalue weighted by atomic mass is 35.5. The molecule has 0 fully saturated rings. The molecule has 11 heteroatoms. The van der Waals surface area contributed by atoms with Gasteiger partial charge >= 0.3 is 0 Å². The monoisotopic (exact) mass is 458 g/mol. The highest BCUT2D eigenvalue weighted by molar-refractivity contribution is 6.30. The van der Waals surface area contributed by atoms with Gasteiger partial charge in [-0.1, -0.05) is 11.6 Å². The standard InChI is InChI=1S/C21H17ClF2N6O2/c1-9-17-18(20(25)27-10(2)26-17)30(29-9)16-4-3-14(8-15(16)24)28-21(32)19(31)11-5-12(22)7-13(23)6-11/h3-8,19,31H,1-2H3,(H,28,32)(H2,25,26,27). The fourth-order valence-electron chi connectivity index (χ4n) is 3.32. The number of aliphatic hydroxyl groups is 1. The molecule has 0 saturated heterocycles. The number of anilines is 2. The molecule has 0 bridgehead atoms. The highest BCUT2D eigenvalue weighted by Crippen LogP contribution is 2.27. The summed E-state index contributed by atoms with van der Waals surface area (Å²) in [5.74, 6) is -1.67. The largest absolute Gasteiger partial charge is 0.382 e. The smallest absolute Gasteiger partial charge is 0.257 e. The van der Waals surface area contributed by atoms with Gasteiger partial charge in [0.1, 0.15) is 28.4 Å². The summed E-state index contributed by atoms with van der Waals surface area (Å²) in [6.07, 6.45) is -1.70. The second-order valence-corrected chi connectivity index (χ2v) is 7.55. The SMILES string of the molecule is Cc1nc(N)c2c(n1)c(C)nn2-c1ccc(NC(=O)C(O)c2cc(F)cc(Cl)c2)cc1F. The Morgan fingerprint density at radius 2 is 1.94 bits per heavy atom. The van der Waals surface area contributed by atoms with E-state index in [0.29, 0.717) is 22.6 Å². The summed E-state index contributed by atoms with van der Waals surface area (Å²) in [6.45, 7) is 3.41. The lowest BCUT2D eigenvalue weighted by Crippen LogP contribution is -2.21. The molecule has 1 unspecified atom stereocenters. The van der Waals surface area contributed by atoms with Crippen LogP contribution in [0, 0.1) is 25.5 Å². The van der Waals surface area contributed by atoms with Gasteiger partial charge in [-0.3, -0.25) is 4.79 Å². The van der Waals surface area contributed by atoms with Crippen LogP contribution >= 0.6 is 11.6 Å². The van der Waals surface area contributed by atoms with Crippen LogP contribution in [-0.2, 0) is 4.79 Å². The third-order valence-corrected chi connectivity index (χ3v) is 4.94. The van der Waals surface area contributed by atoms with Gasteiger partial charge in [-0.2, -0.15) is 5.10 Å². The van der Waals surface area contributed by atoms with Gasteiger partial charge in [0.15, 0.2) is 17.7 Å². The Balaban J connectivity index is 1.63. The summed E-state index contributed by atoms with van der Waals surface area (Å²) < 4.78 is 29.7. The van der Waals surface area contributed by atoms with Gasteiger partial charge in [0, 0.05) is 10.7 Å². The molecule has 0 radical (unpaired) electrons. The van der Waals surface area contributed by atoms with Crippen molar-refractivity contribution in [2.24, 2.45) is 0 Å². The normalized spacial score (nSPS) is 12.2. The molecule has 0 aliphatic rings. The van der Waals surface area contributed by atoms with Crippen molar-refractivity contribution >= 4 is 40.0 Å². The quantitative estimate of drug-likeness (QED) is 0.430. The molecule has 0 spiro atoms. The Bertz CT molecular complexity index is 1350. The van der Waals surface area contributed by atoms with Crippen LogP contribution in [0.5, 0.6) is 0 Å². The van der Waals surface area contributed by atoms with Crippen molar-refractivity contribution in [3.63, 3.8) is 0 Å². The molecule has 2 heterocycles. The predicted molar refractivity (Wildman–Crippen MR) is 116 cm³/mol. The van der Waals surface area contributed by atoms with Crippen LogP contribution in [0.1, 0.15) is 23.2 Å². The molecule has 32 heavy (non-hydrogen) atoms. The van der Waals surface area contributed by atoms with Crippen molar-refractivity contribution in [2.45, 2.75) is 20.0 Å². The average molecular weight is 459 g/mol. The molecule has 0 aliphatic carbocycles. The van der Waals surface area contributed by atoms with Crippen molar-refractivity contribution in [3.05, 3.63) is 70.1 Å². The van der Waals surface area contributed by atoms with E-state index >= 15 is 0 Å². The maximum Gasteiger partial charge on any atom is 0.257 e. The fraction of sp³-hybridized carbons (Fsp3) is 0.143. The molecular weight excluding hydrogens is 442 g/mol. The minimum atomic E-state index is -1.70. The van der Waals surface area contributed by atoms with Crippen LogP contribution < -0.4 is 11.1 Å². The average Bonchev–Trinajstić information content (AvgIpc) is 3.03. The third-order valence-electron chi connectivity index (χ3n) is 4.72. The lowest BCUT2D eigenvalue weighted by Gasteiger charge is -2.13. The highest BCUT2D eigenvalue weighted by Gasteiger charge is 2.21. The number of amides is 1. The first-order valence-corrected chi connectivity index (χ1v) is 9.76. The topological polar surface area (TPSA) is 119 Å². The number of hydrogen-bond donors (Lipinski definition) is 3. The van der Waals surface area contributed by atoms with Gasteiger partial charge in [-0.05, 0) is 55.8 Å². The van der Waals surface area contributed by atoms with E-state index in [2.05, 4.69) is 20.4 Å². The van der Waals surface area contributed by atoms with E-state index in [0.717, 1.165) is 18.2 Å². The van der Waals surface area contributed by atoms with Gasteiger partial charge in [0.25, 0.3) is 5.91 Å². The molecular formula is C21H17ClF2N6O2. The Hall–Kier alpha value is -3.63. The third kappa shape index (κ3) is 3.97. The molecule has 2 aromatic heterocycles. The second kappa shape index (κ2) is 8.13. The van der Waals surface area contributed by atoms with Gasteiger partial charge in [0.05, 0.1) is 5.69 Å². The zero-order valence-electron chi connectivity index (χ0n) is 16.9. The molecule has 2 aromatic carbocycles. The number of carbonyl (C=O) groups is 1. The first kappa shape index (κ1) is 21.6. The predicted octanol–water partition coefficient (Wildman–Crippen LogP) is 3.62. The number of nitrogens with one attached hydrogen (secondary N) is 1. The van der Waals surface area contributed by atoms with E-state index in [1.165, 1.54) is 22.9 Å². The van der Waals surface area contributed by atoms with Crippen LogP contribution in [-0.4, -0.2) is 30.8 Å². The number of aryl methyl sites for hydroxylation is 2. The zero-order valence-corrected chi connectivity index (χ0v) is 17.7. The van der Waals surface area contributed by atoms with E-state index in [9.17, 15) is 18.7 Å². The molecule has 4 aromatic rings. The molecule has 164 valence electrons. The molecule has 1 atom stereocenters. The molecule has 4 N–H and O–H groups in total. The van der Waals surface area contributed by atoms with E-state index in [1.54, 1.807) is 13.8 Å². The maximum atomic E-state index is 14.9. The number of carbonyl (C=O) groups excluding carboxylic acids is 1. The molecule has 4 rings (SSSR count). The number of aliphatic hydroxyl groups excluding tert-OH is 1. The van der Waals surface area contributed by atoms with Gasteiger partial charge in [-0.25, -0.2) is 23.4 Å². The lowest BCUT2D eigenvalue weighted by atomic mass is 10.1. The molecule has 1 amide bonds. The number of nitrogens with zero attached hydrogens (tertiary/aromatic N) is 4. The first-order valence-electron chi connectivity index (χ1n) is 9.38. The summed E-state index contributed by atoms with van der Waals surface area (Å²) in [7, 11) is 0. The number of fused-ring (bicyclic) bond motifs is 1. The Labute approximate surface area is 185 Å². The number of nitrogens with two attached hydrogens (primary N) is 1. The summed E-state index contributed by atoms with van der Waals surface area (Å²) in [6, 6.07) is 7.17. The lowest BCUT2D eigenvalue weighted by molar-refractivity contribution is -0.124. The second-order valence-electron chi connectivity index (χ2n) is 7.11. The van der Waals surface area contributed by atoms with Crippen LogP contribution in [0.25, 0.3) is 16.7 Å². The molecule has 8 nitrogen and oxygen atoms in total. The van der Waals surface area contributed by atoms with Gasteiger partial charge in [-0.15, -0.1) is 0 Å². The van der Waals surface area contributed by atoms with Crippen LogP contribution in [0.15, 0.2) is 36.4 Å². The number of nitrogen functional groups attached to an aromatic ring is 1. The molecule has 0 saturated carbocycles. The Kier molecular flexibility index (Phi) is 5.49. The maximum absolute atomic E-state index is 14.9. The van der Waals surface area contributed by atoms with Crippen molar-refractivity contribution in [1.82, 2.24) is 19.7 Å². The van der Waals surface area contributed by atoms with Crippen LogP contribution in [0.2, 0.25) is 5.02 Å². The van der Waals surface area contributed by atoms with E-state index < -0.39 is 23.6 Å². The number of halogens is 3. The van der Waals surface area contributed by atoms with E-state index in [4.69, 9.17) is 17.3 Å². The van der Waals surface area contributed by atoms with Crippen LogP contribution in [0.4, 0.5) is 20.3 Å². The van der Waals surface area contributed by atoms with E-state index in [1.807, 2.05) is 0 Å². The summed E-state index contributed by atoms with van der Waals surface area (Å²) in [5.41, 5.74) is 7.53. The van der Waals surface area contributed by atoms with Gasteiger partial charge < -0.3 is 16.2 Å². The van der Waals surface area contributed by atoms with Crippen molar-refractivity contribution in [2.75, 3.05) is 11.1 Å². The number of aromatic nitrogens is 4. The molecule has 0 aliphatic heterocycles. The van der Waals surface area contributed by atoms with Gasteiger partial charge in [0.2, 0.25) is 0 Å². The van der Waals surface area contributed by atoms with Crippen molar-refractivity contribution in [1.29, 1.82) is 0 Å². The van der Waals surface area contributed by atoms with Crippen LogP contribution in [0.3, 0.4) is 0 Å². The zero-order chi connectivity index (χ0) is 23.2. The first-order chi connectivity index (χ1) is 15.1. The van der Waals surface area contributed by atoms with Crippen molar-refractivity contribution < 1.29 is 18.7 Å². The minimum Gasteiger partial charge on any atom is -0.382 e. The van der Waals surface area contributed by atoms with E-state index in [-0.39, 0.29) is 27.8 Å². The van der Waals surface area contributed by atoms with Crippen molar-refractivity contribution in [3.8, 4) is 5.69 Å². The Morgan fingerprint density at radius 3 is 2.62 bits per heavy atom. The number of hydrogen-bond acceptors (Lipinski definition) is 6. The summed E-state index contributed by atoms with van der Waals surface area (Å²) in [5, 5.41) is 16.9. The summed E-state index contributed by atoms with van der Waals surface area (Å²) in [4.78, 5) is 20.8. The summed E-state index contributed by atoms with van der Waals surface area (Å²) >= 11 is 5.76. The number of rotatable bonds is 4. The number of benzene rings is 2.